The van der Waals surface area contributed by atoms with Crippen LogP contribution in [0, 0.1) is 0 Å². The van der Waals surface area contributed by atoms with Gasteiger partial charge in [0, 0.05) is 37.2 Å². The van der Waals surface area contributed by atoms with E-state index in [1.807, 2.05) is 17.1 Å². The van der Waals surface area contributed by atoms with Gasteiger partial charge in [-0.2, -0.15) is 5.10 Å². The van der Waals surface area contributed by atoms with E-state index in [2.05, 4.69) is 33.9 Å². The van der Waals surface area contributed by atoms with Gasteiger partial charge >= 0.3 is 0 Å². The highest BCUT2D eigenvalue weighted by molar-refractivity contribution is 5.96. The molecule has 3 heterocycles. The van der Waals surface area contributed by atoms with E-state index in [1.165, 1.54) is 6.42 Å². The summed E-state index contributed by atoms with van der Waals surface area (Å²) in [6.07, 6.45) is 12.4. The zero-order valence-electron chi connectivity index (χ0n) is 15.6. The van der Waals surface area contributed by atoms with Gasteiger partial charge in [-0.1, -0.05) is 0 Å². The fourth-order valence-corrected chi connectivity index (χ4v) is 4.29. The highest BCUT2D eigenvalue weighted by atomic mass is 16.7. The lowest BCUT2D eigenvalue weighted by Gasteiger charge is -2.33. The highest BCUT2D eigenvalue weighted by Crippen LogP contribution is 2.43. The number of hydrogen-bond donors (Lipinski definition) is 2. The highest BCUT2D eigenvalue weighted by Gasteiger charge is 2.41. The third-order valence-electron chi connectivity index (χ3n) is 6.12. The first kappa shape index (κ1) is 16.7. The van der Waals surface area contributed by atoms with Gasteiger partial charge in [-0.3, -0.25) is 15.1 Å². The molecule has 7 nitrogen and oxygen atoms in total. The van der Waals surface area contributed by atoms with E-state index in [0.29, 0.717) is 18.6 Å². The Morgan fingerprint density at radius 3 is 2.81 bits per heavy atom. The number of aromatic nitrogens is 3. The molecule has 27 heavy (non-hydrogen) atoms. The van der Waals surface area contributed by atoms with E-state index < -0.39 is 0 Å². The fraction of sp³-hybridized carbons (Fsp3) is 0.550. The van der Waals surface area contributed by atoms with Gasteiger partial charge in [0.1, 0.15) is 11.4 Å². The van der Waals surface area contributed by atoms with Crippen molar-refractivity contribution in [2.75, 3.05) is 5.32 Å². The molecule has 0 amide bonds. The number of carbonyl (C=O) groups excluding carboxylic acids is 1. The topological polar surface area (TPSA) is 81.1 Å². The number of fused-ring (bicyclic) bond motifs is 1. The summed E-state index contributed by atoms with van der Waals surface area (Å²) >= 11 is 0. The standard InChI is InChI=1S/C20H25N5O2/c1-2-25-19-16(12-22-25)18(23-13-4-6-14(26)7-5-13)15(11-21-19)17-10-20(27-24-17)8-3-9-20/h10-13,24H,2-9H2,1H3,(H,21,23). The molecule has 7 heteroatoms. The first-order chi connectivity index (χ1) is 13.2. The van der Waals surface area contributed by atoms with Crippen molar-refractivity contribution in [2.45, 2.75) is 70.1 Å². The fourth-order valence-electron chi connectivity index (χ4n) is 4.29. The molecule has 1 spiro atoms. The average Bonchev–Trinajstić information content (AvgIpc) is 3.28. The molecular formula is C20H25N5O2. The number of hydroxylamine groups is 1. The molecule has 2 saturated carbocycles. The third-order valence-corrected chi connectivity index (χ3v) is 6.12. The molecule has 2 aromatic heterocycles. The second-order valence-electron chi connectivity index (χ2n) is 7.88. The summed E-state index contributed by atoms with van der Waals surface area (Å²) in [4.78, 5) is 22.2. The smallest absolute Gasteiger partial charge is 0.159 e. The van der Waals surface area contributed by atoms with E-state index in [1.54, 1.807) is 0 Å². The third kappa shape index (κ3) is 2.81. The van der Waals surface area contributed by atoms with E-state index in [4.69, 9.17) is 4.84 Å². The van der Waals surface area contributed by atoms with E-state index in [-0.39, 0.29) is 11.6 Å². The molecule has 0 unspecified atom stereocenters. The maximum Gasteiger partial charge on any atom is 0.159 e. The van der Waals surface area contributed by atoms with E-state index in [9.17, 15) is 4.79 Å². The van der Waals surface area contributed by atoms with E-state index >= 15 is 0 Å². The van der Waals surface area contributed by atoms with Crippen LogP contribution in [0.1, 0.15) is 57.4 Å². The summed E-state index contributed by atoms with van der Waals surface area (Å²) in [7, 11) is 0. The molecular weight excluding hydrogens is 342 g/mol. The summed E-state index contributed by atoms with van der Waals surface area (Å²) in [5.74, 6) is 0.368. The summed E-state index contributed by atoms with van der Waals surface area (Å²) in [5, 5.41) is 9.22. The lowest BCUT2D eigenvalue weighted by molar-refractivity contribution is -0.120. The van der Waals surface area contributed by atoms with Crippen molar-refractivity contribution in [3.8, 4) is 0 Å². The summed E-state index contributed by atoms with van der Waals surface area (Å²) in [6, 6.07) is 0.289. The van der Waals surface area contributed by atoms with E-state index in [0.717, 1.165) is 60.2 Å². The van der Waals surface area contributed by atoms with Gasteiger partial charge in [-0.05, 0) is 45.1 Å². The zero-order chi connectivity index (χ0) is 18.4. The van der Waals surface area contributed by atoms with Crippen molar-refractivity contribution in [2.24, 2.45) is 0 Å². The van der Waals surface area contributed by atoms with Crippen LogP contribution >= 0.6 is 0 Å². The number of rotatable bonds is 4. The summed E-state index contributed by atoms with van der Waals surface area (Å²) < 4.78 is 1.91. The molecule has 0 bridgehead atoms. The van der Waals surface area contributed by atoms with Crippen molar-refractivity contribution in [3.05, 3.63) is 24.0 Å². The molecule has 2 N–H and O–H groups in total. The Morgan fingerprint density at radius 1 is 1.33 bits per heavy atom. The quantitative estimate of drug-likeness (QED) is 0.864. The van der Waals surface area contributed by atoms with Gasteiger partial charge in [0.05, 0.1) is 23.0 Å². The molecule has 5 rings (SSSR count). The minimum Gasteiger partial charge on any atom is -0.381 e. The number of Topliss-reactive ketones (excluding diaryl/α,β-unsaturated/α-hetero) is 1. The monoisotopic (exact) mass is 367 g/mol. The van der Waals surface area contributed by atoms with Crippen molar-refractivity contribution in [3.63, 3.8) is 0 Å². The largest absolute Gasteiger partial charge is 0.381 e. The Morgan fingerprint density at radius 2 is 2.15 bits per heavy atom. The Hall–Kier alpha value is -2.41. The molecule has 0 atom stereocenters. The van der Waals surface area contributed by atoms with Crippen LogP contribution in [0.4, 0.5) is 5.69 Å². The molecule has 2 fully saturated rings. The summed E-state index contributed by atoms with van der Waals surface area (Å²) in [5.41, 5.74) is 6.90. The number of anilines is 1. The Balaban J connectivity index is 1.55. The molecule has 3 aliphatic rings. The van der Waals surface area contributed by atoms with Crippen LogP contribution in [-0.4, -0.2) is 32.2 Å². The molecule has 0 saturated heterocycles. The van der Waals surface area contributed by atoms with Gasteiger partial charge < -0.3 is 5.32 Å². The van der Waals surface area contributed by atoms with Gasteiger partial charge in [0.25, 0.3) is 0 Å². The minimum absolute atomic E-state index is 0.146. The Bertz CT molecular complexity index is 918. The second kappa shape index (κ2) is 6.34. The predicted octanol–water partition coefficient (Wildman–Crippen LogP) is 3.17. The summed E-state index contributed by atoms with van der Waals surface area (Å²) in [6.45, 7) is 2.84. The molecule has 0 aromatic carbocycles. The Kier molecular flexibility index (Phi) is 3.93. The SMILES string of the molecule is CCn1ncc2c(NC3CCC(=O)CC3)c(C3=CC4(CCC4)ON3)cnc21. The normalized spacial score (nSPS) is 22.0. The Labute approximate surface area is 158 Å². The van der Waals surface area contributed by atoms with Crippen LogP contribution in [-0.2, 0) is 16.2 Å². The van der Waals surface area contributed by atoms with Crippen LogP contribution < -0.4 is 10.8 Å². The average molecular weight is 367 g/mol. The molecule has 0 radical (unpaired) electrons. The number of hydrogen-bond acceptors (Lipinski definition) is 6. The van der Waals surface area contributed by atoms with Crippen molar-refractivity contribution < 1.29 is 9.63 Å². The maximum atomic E-state index is 11.6. The van der Waals surface area contributed by atoms with Gasteiger partial charge in [-0.15, -0.1) is 0 Å². The van der Waals surface area contributed by atoms with Gasteiger partial charge in [0.2, 0.25) is 0 Å². The number of nitrogens with zero attached hydrogens (tertiary/aromatic N) is 3. The van der Waals surface area contributed by atoms with Crippen molar-refractivity contribution in [1.29, 1.82) is 0 Å². The van der Waals surface area contributed by atoms with Crippen LogP contribution in [0.5, 0.6) is 0 Å². The zero-order valence-corrected chi connectivity index (χ0v) is 15.6. The number of nitrogens with one attached hydrogen (secondary N) is 2. The number of aryl methyl sites for hydroxylation is 1. The van der Waals surface area contributed by atoms with Crippen LogP contribution in [0.25, 0.3) is 16.7 Å². The lowest BCUT2D eigenvalue weighted by Crippen LogP contribution is -2.36. The first-order valence-corrected chi connectivity index (χ1v) is 9.97. The minimum atomic E-state index is -0.146. The first-order valence-electron chi connectivity index (χ1n) is 9.97. The number of pyridine rings is 1. The van der Waals surface area contributed by atoms with Crippen LogP contribution in [0.2, 0.25) is 0 Å². The van der Waals surface area contributed by atoms with Crippen LogP contribution in [0.15, 0.2) is 18.5 Å². The number of ketones is 1. The number of carbonyl (C=O) groups is 1. The van der Waals surface area contributed by atoms with Gasteiger partial charge in [-0.25, -0.2) is 9.67 Å². The molecule has 2 aliphatic carbocycles. The maximum absolute atomic E-state index is 11.6. The molecule has 142 valence electrons. The van der Waals surface area contributed by atoms with Gasteiger partial charge in [0.15, 0.2) is 5.65 Å². The molecule has 1 aliphatic heterocycles. The van der Waals surface area contributed by atoms with Crippen molar-refractivity contribution >= 4 is 28.2 Å². The second-order valence-corrected chi connectivity index (χ2v) is 7.88. The van der Waals surface area contributed by atoms with Crippen LogP contribution in [0.3, 0.4) is 0 Å². The van der Waals surface area contributed by atoms with Crippen molar-refractivity contribution in [1.82, 2.24) is 20.2 Å². The lowest BCUT2D eigenvalue weighted by atomic mass is 9.80. The molecule has 2 aromatic rings. The predicted molar refractivity (Wildman–Crippen MR) is 103 cm³/mol.